The minimum atomic E-state index is -0.730. The number of carbonyl (C=O) groups is 3. The van der Waals surface area contributed by atoms with E-state index in [-0.39, 0.29) is 22.8 Å². The molecule has 0 aliphatic carbocycles. The molecule has 8 heteroatoms. The van der Waals surface area contributed by atoms with Crippen molar-refractivity contribution >= 4 is 29.2 Å². The van der Waals surface area contributed by atoms with Crippen LogP contribution < -0.4 is 10.6 Å². The molecule has 0 aliphatic rings. The smallest absolute Gasteiger partial charge is 0.412 e. The number of hydrogen-bond donors (Lipinski definition) is 2. The molecule has 0 bridgehead atoms. The number of nitriles is 1. The molecule has 35 heavy (non-hydrogen) atoms. The van der Waals surface area contributed by atoms with E-state index in [1.165, 1.54) is 24.3 Å². The summed E-state index contributed by atoms with van der Waals surface area (Å²) in [4.78, 5) is 37.6. The lowest BCUT2D eigenvalue weighted by Gasteiger charge is -2.21. The molecule has 3 aromatic rings. The highest BCUT2D eigenvalue weighted by Gasteiger charge is 2.19. The largest absolute Gasteiger partial charge is 0.444 e. The van der Waals surface area contributed by atoms with E-state index in [2.05, 4.69) is 10.6 Å². The first-order valence-corrected chi connectivity index (χ1v) is 10.8. The number of benzene rings is 3. The number of nitrogens with one attached hydrogen (secondary N) is 2. The third-order valence-electron chi connectivity index (χ3n) is 4.74. The third kappa shape index (κ3) is 7.24. The van der Waals surface area contributed by atoms with Gasteiger partial charge in [0.1, 0.15) is 11.4 Å². The van der Waals surface area contributed by atoms with Crippen molar-refractivity contribution < 1.29 is 23.5 Å². The number of Topliss-reactive ketones (excluding diaryl/α,β-unsaturated/α-hetero) is 1. The Morgan fingerprint density at radius 1 is 0.914 bits per heavy atom. The van der Waals surface area contributed by atoms with Gasteiger partial charge in [0.15, 0.2) is 5.78 Å². The summed E-state index contributed by atoms with van der Waals surface area (Å²) in [6.45, 7) is 5.17. The minimum Gasteiger partial charge on any atom is -0.444 e. The molecule has 0 spiro atoms. The second-order valence-corrected chi connectivity index (χ2v) is 8.73. The normalized spacial score (nSPS) is 10.7. The highest BCUT2D eigenvalue weighted by Crippen LogP contribution is 2.30. The fourth-order valence-electron chi connectivity index (χ4n) is 3.20. The molecule has 0 fully saturated rings. The van der Waals surface area contributed by atoms with E-state index in [1.54, 1.807) is 63.2 Å². The highest BCUT2D eigenvalue weighted by molar-refractivity contribution is 6.12. The Kier molecular flexibility index (Phi) is 7.62. The van der Waals surface area contributed by atoms with Crippen molar-refractivity contribution in [3.05, 3.63) is 83.7 Å². The SMILES string of the molecule is CC(C)(C)OC(=O)Nc1ccc(-c2ccc(F)cc2)cc1NC(=O)CC(=O)c1cccc(C#N)c1. The zero-order chi connectivity index (χ0) is 25.6. The maximum absolute atomic E-state index is 13.3. The Morgan fingerprint density at radius 3 is 2.26 bits per heavy atom. The van der Waals surface area contributed by atoms with Crippen LogP contribution in [0.25, 0.3) is 11.1 Å². The van der Waals surface area contributed by atoms with Crippen LogP contribution in [0, 0.1) is 17.1 Å². The van der Waals surface area contributed by atoms with Gasteiger partial charge >= 0.3 is 6.09 Å². The van der Waals surface area contributed by atoms with Gasteiger partial charge in [-0.15, -0.1) is 0 Å². The van der Waals surface area contributed by atoms with Gasteiger partial charge in [0.2, 0.25) is 5.91 Å². The predicted octanol–water partition coefficient (Wildman–Crippen LogP) is 5.92. The fraction of sp³-hybridized carbons (Fsp3) is 0.185. The summed E-state index contributed by atoms with van der Waals surface area (Å²) in [6.07, 6.45) is -1.19. The first-order chi connectivity index (χ1) is 16.5. The maximum Gasteiger partial charge on any atom is 0.412 e. The molecule has 0 heterocycles. The number of hydrogen-bond acceptors (Lipinski definition) is 5. The van der Waals surface area contributed by atoms with Crippen molar-refractivity contribution in [2.45, 2.75) is 32.8 Å². The molecule has 0 unspecified atom stereocenters. The van der Waals surface area contributed by atoms with Gasteiger partial charge in [0.05, 0.1) is 29.4 Å². The molecular formula is C27H24FN3O4. The number of nitrogens with zero attached hydrogens (tertiary/aromatic N) is 1. The van der Waals surface area contributed by atoms with Crippen LogP contribution in [0.1, 0.15) is 43.1 Å². The van der Waals surface area contributed by atoms with Crippen molar-refractivity contribution in [1.29, 1.82) is 5.26 Å². The number of halogens is 1. The van der Waals surface area contributed by atoms with Gasteiger partial charge in [-0.3, -0.25) is 14.9 Å². The summed E-state index contributed by atoms with van der Waals surface area (Å²) in [6, 6.07) is 18.7. The number of anilines is 2. The Hall–Kier alpha value is -4.51. The molecule has 2 N–H and O–H groups in total. The van der Waals surface area contributed by atoms with E-state index in [0.717, 1.165) is 0 Å². The van der Waals surface area contributed by atoms with Gasteiger partial charge in [-0.25, -0.2) is 9.18 Å². The molecule has 7 nitrogen and oxygen atoms in total. The summed E-state index contributed by atoms with van der Waals surface area (Å²) in [5.41, 5.74) is 1.67. The van der Waals surface area contributed by atoms with Gasteiger partial charge in [0, 0.05) is 5.56 Å². The zero-order valence-corrected chi connectivity index (χ0v) is 19.5. The van der Waals surface area contributed by atoms with Gasteiger partial charge in [-0.05, 0) is 68.3 Å². The Morgan fingerprint density at radius 2 is 1.60 bits per heavy atom. The molecule has 0 atom stereocenters. The first-order valence-electron chi connectivity index (χ1n) is 10.8. The standard InChI is InChI=1S/C27H24FN3O4/c1-27(2,3)35-26(34)31-22-12-9-19(18-7-10-21(28)11-8-18)14-23(22)30-25(33)15-24(32)20-6-4-5-17(13-20)16-29/h4-14H,15H2,1-3H3,(H,30,33)(H,31,34). The number of carbonyl (C=O) groups excluding carboxylic acids is 3. The molecule has 0 saturated heterocycles. The van der Waals surface area contributed by atoms with Crippen molar-refractivity contribution in [2.75, 3.05) is 10.6 Å². The minimum absolute atomic E-state index is 0.237. The Balaban J connectivity index is 1.85. The predicted molar refractivity (Wildman–Crippen MR) is 130 cm³/mol. The van der Waals surface area contributed by atoms with E-state index >= 15 is 0 Å². The van der Waals surface area contributed by atoms with Crippen LogP contribution in [0.3, 0.4) is 0 Å². The quantitative estimate of drug-likeness (QED) is 0.341. The molecule has 178 valence electrons. The van der Waals surface area contributed by atoms with E-state index in [9.17, 15) is 18.8 Å². The van der Waals surface area contributed by atoms with Crippen LogP contribution in [0.5, 0.6) is 0 Å². The van der Waals surface area contributed by atoms with E-state index < -0.39 is 29.8 Å². The summed E-state index contributed by atoms with van der Waals surface area (Å²) in [7, 11) is 0. The van der Waals surface area contributed by atoms with Crippen LogP contribution in [0.15, 0.2) is 66.7 Å². The summed E-state index contributed by atoms with van der Waals surface area (Å²) < 4.78 is 18.6. The summed E-state index contributed by atoms with van der Waals surface area (Å²) >= 11 is 0. The Labute approximate surface area is 202 Å². The number of ketones is 1. The number of amides is 2. The van der Waals surface area contributed by atoms with Crippen LogP contribution in [-0.4, -0.2) is 23.4 Å². The average Bonchev–Trinajstić information content (AvgIpc) is 2.79. The van der Waals surface area contributed by atoms with Gasteiger partial charge < -0.3 is 10.1 Å². The molecule has 3 aromatic carbocycles. The topological polar surface area (TPSA) is 108 Å². The summed E-state index contributed by atoms with van der Waals surface area (Å²) in [5.74, 6) is -1.46. The second-order valence-electron chi connectivity index (χ2n) is 8.73. The van der Waals surface area contributed by atoms with Crippen LogP contribution >= 0.6 is 0 Å². The van der Waals surface area contributed by atoms with Gasteiger partial charge in [-0.1, -0.05) is 30.3 Å². The summed E-state index contributed by atoms with van der Waals surface area (Å²) in [5, 5.41) is 14.3. The van der Waals surface area contributed by atoms with Crippen molar-refractivity contribution in [2.24, 2.45) is 0 Å². The highest BCUT2D eigenvalue weighted by atomic mass is 19.1. The molecule has 3 rings (SSSR count). The second kappa shape index (κ2) is 10.6. The zero-order valence-electron chi connectivity index (χ0n) is 19.5. The molecule has 0 aromatic heterocycles. The van der Waals surface area contributed by atoms with E-state index in [0.29, 0.717) is 16.7 Å². The van der Waals surface area contributed by atoms with Crippen molar-refractivity contribution in [1.82, 2.24) is 0 Å². The average molecular weight is 474 g/mol. The number of ether oxygens (including phenoxy) is 1. The molecule has 0 saturated carbocycles. The maximum atomic E-state index is 13.3. The van der Waals surface area contributed by atoms with E-state index in [4.69, 9.17) is 10.00 Å². The van der Waals surface area contributed by atoms with Gasteiger partial charge in [-0.2, -0.15) is 5.26 Å². The van der Waals surface area contributed by atoms with Gasteiger partial charge in [0.25, 0.3) is 0 Å². The lowest BCUT2D eigenvalue weighted by atomic mass is 10.0. The van der Waals surface area contributed by atoms with Crippen molar-refractivity contribution in [3.63, 3.8) is 0 Å². The van der Waals surface area contributed by atoms with Crippen LogP contribution in [0.4, 0.5) is 20.6 Å². The van der Waals surface area contributed by atoms with E-state index in [1.807, 2.05) is 6.07 Å². The fourth-order valence-corrected chi connectivity index (χ4v) is 3.20. The first kappa shape index (κ1) is 25.1. The van der Waals surface area contributed by atoms with Crippen molar-refractivity contribution in [3.8, 4) is 17.2 Å². The Bertz CT molecular complexity index is 1310. The molecule has 2 amide bonds. The van der Waals surface area contributed by atoms with Crippen LogP contribution in [0.2, 0.25) is 0 Å². The van der Waals surface area contributed by atoms with Crippen LogP contribution in [-0.2, 0) is 9.53 Å². The molecular weight excluding hydrogens is 449 g/mol. The third-order valence-corrected chi connectivity index (χ3v) is 4.74. The lowest BCUT2D eigenvalue weighted by Crippen LogP contribution is -2.27. The molecule has 0 aliphatic heterocycles. The monoisotopic (exact) mass is 473 g/mol. The lowest BCUT2D eigenvalue weighted by molar-refractivity contribution is -0.115. The number of rotatable bonds is 6. The molecule has 0 radical (unpaired) electrons.